The van der Waals surface area contributed by atoms with E-state index in [1.54, 1.807) is 0 Å². The Balaban J connectivity index is -0.00000000500. The summed E-state index contributed by atoms with van der Waals surface area (Å²) in [5, 5.41) is 0. The Kier molecular flexibility index (Phi) is 77.8. The molecule has 0 aromatic carbocycles. The third-order valence-electron chi connectivity index (χ3n) is 0. The van der Waals surface area contributed by atoms with Gasteiger partial charge in [0.05, 0.1) is 0 Å². The average molecular weight is 347 g/mol. The van der Waals surface area contributed by atoms with Crippen molar-refractivity contribution in [2.24, 2.45) is 0 Å². The van der Waals surface area contributed by atoms with Gasteiger partial charge < -0.3 is 0 Å². The molecule has 0 aromatic heterocycles. The molecule has 0 saturated heterocycles. The molecule has 0 spiro atoms. The molecule has 4 heteroatoms. The zero-order valence-corrected chi connectivity index (χ0v) is 9.26. The van der Waals surface area contributed by atoms with Crippen molar-refractivity contribution in [3.05, 3.63) is 0 Å². The van der Waals surface area contributed by atoms with E-state index in [2.05, 4.69) is 0 Å². The van der Waals surface area contributed by atoms with Gasteiger partial charge in [0.15, 0.2) is 0 Å². The van der Waals surface area contributed by atoms with Gasteiger partial charge in [0.1, 0.15) is 0 Å². The molecule has 0 atom stereocenters. The molecule has 0 fully saturated rings. The van der Waals surface area contributed by atoms with Crippen molar-refractivity contribution in [3.8, 4) is 0 Å². The van der Waals surface area contributed by atoms with Crippen molar-refractivity contribution in [2.45, 2.75) is 0 Å². The van der Waals surface area contributed by atoms with Gasteiger partial charge in [-0.3, -0.25) is 0 Å². The molecule has 0 amide bonds. The Morgan fingerprint density at radius 2 is 1.25 bits per heavy atom. The first kappa shape index (κ1) is 16.4. The summed E-state index contributed by atoms with van der Waals surface area (Å²) < 4.78 is 8.30. The van der Waals surface area contributed by atoms with E-state index in [1.807, 2.05) is 0 Å². The fraction of sp³-hybridized carbons (Fsp3) is 0. The maximum absolute atomic E-state index is 8.30. The predicted octanol–water partition coefficient (Wildman–Crippen LogP) is -2.22. The molecule has 0 bridgehead atoms. The van der Waals surface area contributed by atoms with E-state index >= 15 is 0 Å². The molecule has 0 aliphatic carbocycles. The molecule has 0 unspecified atom stereocenters. The second-order valence-corrected chi connectivity index (χ2v) is 0. The van der Waals surface area contributed by atoms with Gasteiger partial charge in [0.2, 0.25) is 0 Å². The second-order valence-electron chi connectivity index (χ2n) is 0. The summed E-state index contributed by atoms with van der Waals surface area (Å²) in [6.07, 6.45) is 0. The van der Waals surface area contributed by atoms with Gasteiger partial charge in [0.25, 0.3) is 0 Å². The van der Waals surface area contributed by atoms with E-state index in [1.165, 1.54) is 0 Å². The second kappa shape index (κ2) is 19.0. The van der Waals surface area contributed by atoms with Crippen LogP contribution in [0.3, 0.4) is 0 Å². The summed E-state index contributed by atoms with van der Waals surface area (Å²) in [5.41, 5.74) is 0. The molecule has 0 aliphatic rings. The SMILES string of the molecule is [BiH3].[MgH2].[O]=[Nb]. The Morgan fingerprint density at radius 3 is 1.25 bits per heavy atom. The molecule has 0 saturated carbocycles. The molecule has 1 nitrogen and oxygen atoms in total. The van der Waals surface area contributed by atoms with Gasteiger partial charge in [-0.25, -0.2) is 0 Å². The number of hydrogen-bond donors (Lipinski definition) is 0. The maximum atomic E-state index is 8.30. The molecule has 0 aromatic rings. The fourth-order valence-corrected chi connectivity index (χ4v) is 0. The van der Waals surface area contributed by atoms with Crippen LogP contribution in [0.4, 0.5) is 0 Å². The van der Waals surface area contributed by atoms with Crippen molar-refractivity contribution >= 4 is 49.3 Å². The van der Waals surface area contributed by atoms with Gasteiger partial charge >= 0.3 is 73.5 Å². The third-order valence-corrected chi connectivity index (χ3v) is 0. The summed E-state index contributed by atoms with van der Waals surface area (Å²) in [6.45, 7) is 0. The van der Waals surface area contributed by atoms with E-state index in [9.17, 15) is 0 Å². The van der Waals surface area contributed by atoms with Crippen LogP contribution in [-0.2, 0) is 24.3 Å². The first-order valence-corrected chi connectivity index (χ1v) is 1.08. The summed E-state index contributed by atoms with van der Waals surface area (Å²) >= 11 is 0.500. The molecule has 0 heterocycles. The van der Waals surface area contributed by atoms with E-state index in [4.69, 9.17) is 3.25 Å². The Labute approximate surface area is 72.4 Å². The molecule has 4 heavy (non-hydrogen) atoms. The normalized spacial score (nSPS) is 0.750. The summed E-state index contributed by atoms with van der Waals surface area (Å²) in [6, 6.07) is 0. The summed E-state index contributed by atoms with van der Waals surface area (Å²) in [4.78, 5) is 0. The quantitative estimate of drug-likeness (QED) is 0.454. The van der Waals surface area contributed by atoms with E-state index in [0.717, 1.165) is 0 Å². The van der Waals surface area contributed by atoms with Crippen LogP contribution in [0.2, 0.25) is 0 Å². The van der Waals surface area contributed by atoms with Gasteiger partial charge in [-0.15, -0.1) is 0 Å². The molecular weight excluding hydrogens is 342 g/mol. The minimum atomic E-state index is 0. The molecule has 23 valence electrons. The number of rotatable bonds is 0. The van der Waals surface area contributed by atoms with Crippen LogP contribution in [0, 0.1) is 0 Å². The first-order valence-electron chi connectivity index (χ1n) is 0.183. The Morgan fingerprint density at radius 1 is 1.25 bits per heavy atom. The summed E-state index contributed by atoms with van der Waals surface area (Å²) in [7, 11) is 0. The summed E-state index contributed by atoms with van der Waals surface area (Å²) in [5.74, 6) is 0. The van der Waals surface area contributed by atoms with Crippen LogP contribution in [-0.4, -0.2) is 49.3 Å². The van der Waals surface area contributed by atoms with Crippen LogP contribution in [0.15, 0.2) is 0 Å². The average Bonchev–Trinajstić information content (AvgIpc) is 1.00. The molecule has 0 aliphatic heterocycles. The van der Waals surface area contributed by atoms with Crippen molar-refractivity contribution < 1.29 is 24.3 Å². The van der Waals surface area contributed by atoms with E-state index in [-0.39, 0.29) is 49.3 Å². The predicted molar refractivity (Wildman–Crippen MR) is 19.2 cm³/mol. The van der Waals surface area contributed by atoms with Gasteiger partial charge in [-0.1, -0.05) is 0 Å². The molecule has 0 rings (SSSR count). The minimum absolute atomic E-state index is 0. The van der Waals surface area contributed by atoms with Crippen molar-refractivity contribution in [3.63, 3.8) is 0 Å². The zero-order valence-electron chi connectivity index (χ0n) is 1.56. The Bertz CT molecular complexity index is 8.00. The zero-order chi connectivity index (χ0) is 2.00. The van der Waals surface area contributed by atoms with Crippen molar-refractivity contribution in [1.29, 1.82) is 0 Å². The first-order chi connectivity index (χ1) is 1.00. The van der Waals surface area contributed by atoms with Gasteiger partial charge in [0, 0.05) is 0 Å². The fourth-order valence-electron chi connectivity index (χ4n) is 0. The monoisotopic (exact) mass is 347 g/mol. The molecule has 0 N–H and O–H groups in total. The van der Waals surface area contributed by atoms with Gasteiger partial charge in [-0.2, -0.15) is 0 Å². The molecular formula is H5BiMgNbO. The van der Waals surface area contributed by atoms with Crippen LogP contribution >= 0.6 is 0 Å². The van der Waals surface area contributed by atoms with Crippen LogP contribution in [0.5, 0.6) is 0 Å². The third kappa shape index (κ3) is 8.89. The standard InChI is InChI=1S/Bi.Mg.Nb.O.5H. The van der Waals surface area contributed by atoms with Crippen LogP contribution in [0.1, 0.15) is 0 Å². The molecule has 0 radical (unpaired) electrons. The van der Waals surface area contributed by atoms with Crippen LogP contribution < -0.4 is 0 Å². The van der Waals surface area contributed by atoms with Gasteiger partial charge in [-0.05, 0) is 0 Å². The van der Waals surface area contributed by atoms with E-state index < -0.39 is 0 Å². The Hall–Kier alpha value is 2.19. The van der Waals surface area contributed by atoms with E-state index in [0.29, 0.717) is 21.0 Å². The number of hydrogen-bond acceptors (Lipinski definition) is 1. The van der Waals surface area contributed by atoms with Crippen molar-refractivity contribution in [1.82, 2.24) is 0 Å². The topological polar surface area (TPSA) is 17.1 Å². The van der Waals surface area contributed by atoms with Crippen LogP contribution in [0.25, 0.3) is 0 Å². The van der Waals surface area contributed by atoms with Crippen molar-refractivity contribution in [2.75, 3.05) is 0 Å².